The average molecular weight is 689 g/mol. The molecule has 0 saturated carbocycles. The number of ether oxygens (including phenoxy) is 3. The Morgan fingerprint density at radius 1 is 1.24 bits per heavy atom. The molecule has 1 aliphatic carbocycles. The molecule has 0 bridgehead atoms. The maximum atomic E-state index is 13.5. The van der Waals surface area contributed by atoms with Gasteiger partial charge in [-0.15, -0.1) is 6.58 Å². The zero-order valence-electron chi connectivity index (χ0n) is 24.3. The number of carbonyl (C=O) groups is 2. The molecule has 1 aliphatic rings. The van der Waals surface area contributed by atoms with Gasteiger partial charge in [0.05, 0.1) is 36.0 Å². The first-order valence-corrected chi connectivity index (χ1v) is 15.2. The highest BCUT2D eigenvalue weighted by atomic mass is 127. The van der Waals surface area contributed by atoms with E-state index in [0.29, 0.717) is 58.6 Å². The van der Waals surface area contributed by atoms with Crippen LogP contribution < -0.4 is 14.8 Å². The number of unbranched alkanes of at least 4 members (excludes halogenated alkanes) is 2. The first-order chi connectivity index (χ1) is 19.7. The fraction of sp³-hybridized carbons (Fsp3) is 0.600. The molecule has 230 valence electrons. The van der Waals surface area contributed by atoms with Crippen LogP contribution in [0.25, 0.3) is 0 Å². The van der Waals surface area contributed by atoms with Crippen LogP contribution in [0, 0.1) is 3.57 Å². The van der Waals surface area contributed by atoms with Crippen molar-refractivity contribution in [3.63, 3.8) is 0 Å². The monoisotopic (exact) mass is 688 g/mol. The Balaban J connectivity index is 2.43. The second kappa shape index (κ2) is 18.4. The quantitative estimate of drug-likeness (QED) is 0.105. The van der Waals surface area contributed by atoms with Crippen molar-refractivity contribution in [2.45, 2.75) is 83.3 Å². The molecular weight excluding hydrogens is 643 g/mol. The molecular formula is C30H45IN2O8. The number of carbonyl (C=O) groups excluding carboxylic acids is 2. The van der Waals surface area contributed by atoms with Crippen LogP contribution >= 0.6 is 22.6 Å². The third-order valence-corrected chi connectivity index (χ3v) is 7.51. The summed E-state index contributed by atoms with van der Waals surface area (Å²) < 4.78 is 18.1. The van der Waals surface area contributed by atoms with Gasteiger partial charge in [0, 0.05) is 38.1 Å². The van der Waals surface area contributed by atoms with E-state index in [2.05, 4.69) is 34.5 Å². The number of nitrogens with zero attached hydrogens (tertiary/aromatic N) is 1. The van der Waals surface area contributed by atoms with Crippen LogP contribution in [0.4, 0.5) is 0 Å². The smallest absolute Gasteiger partial charge is 0.247 e. The van der Waals surface area contributed by atoms with Crippen LogP contribution in [0.15, 0.2) is 36.4 Å². The summed E-state index contributed by atoms with van der Waals surface area (Å²) in [6.07, 6.45) is 4.63. The van der Waals surface area contributed by atoms with E-state index in [0.717, 1.165) is 12.8 Å². The Bertz CT molecular complexity index is 1030. The van der Waals surface area contributed by atoms with Gasteiger partial charge < -0.3 is 39.7 Å². The first-order valence-electron chi connectivity index (χ1n) is 14.1. The zero-order chi connectivity index (χ0) is 30.4. The number of benzene rings is 1. The predicted molar refractivity (Wildman–Crippen MR) is 165 cm³/mol. The molecule has 0 radical (unpaired) electrons. The van der Waals surface area contributed by atoms with E-state index in [1.165, 1.54) is 7.11 Å². The summed E-state index contributed by atoms with van der Waals surface area (Å²) >= 11 is 2.07. The van der Waals surface area contributed by atoms with Gasteiger partial charge in [0.1, 0.15) is 12.2 Å². The molecule has 2 amide bonds. The highest BCUT2D eigenvalue weighted by Crippen LogP contribution is 2.37. The maximum Gasteiger partial charge on any atom is 0.247 e. The topological polar surface area (TPSA) is 138 Å². The van der Waals surface area contributed by atoms with E-state index in [4.69, 9.17) is 14.2 Å². The van der Waals surface area contributed by atoms with Crippen molar-refractivity contribution >= 4 is 34.4 Å². The Hall–Kier alpha value is -2.19. The summed E-state index contributed by atoms with van der Waals surface area (Å²) in [7, 11) is 1.48. The van der Waals surface area contributed by atoms with E-state index in [1.807, 2.05) is 19.9 Å². The molecule has 1 aromatic rings. The van der Waals surface area contributed by atoms with Gasteiger partial charge in [0.25, 0.3) is 0 Å². The molecule has 2 rings (SSSR count). The van der Waals surface area contributed by atoms with Crippen molar-refractivity contribution in [3.05, 3.63) is 45.6 Å². The fourth-order valence-electron chi connectivity index (χ4n) is 4.63. The van der Waals surface area contributed by atoms with Gasteiger partial charge in [0.15, 0.2) is 11.5 Å². The van der Waals surface area contributed by atoms with Crippen molar-refractivity contribution in [1.29, 1.82) is 0 Å². The Morgan fingerprint density at radius 3 is 2.63 bits per heavy atom. The number of aliphatic hydroxyl groups excluding tert-OH is 3. The third kappa shape index (κ3) is 10.9. The van der Waals surface area contributed by atoms with Crippen molar-refractivity contribution < 1.29 is 39.1 Å². The maximum absolute atomic E-state index is 13.5. The molecule has 1 aromatic carbocycles. The van der Waals surface area contributed by atoms with Gasteiger partial charge in [-0.05, 0) is 85.9 Å². The van der Waals surface area contributed by atoms with Crippen LogP contribution in [0.5, 0.6) is 11.5 Å². The second-order valence-electron chi connectivity index (χ2n) is 10.2. The van der Waals surface area contributed by atoms with Gasteiger partial charge in [-0.2, -0.15) is 0 Å². The third-order valence-electron chi connectivity index (χ3n) is 6.70. The molecule has 41 heavy (non-hydrogen) atoms. The molecule has 0 heterocycles. The molecule has 11 heteroatoms. The number of hydrogen-bond donors (Lipinski definition) is 4. The summed E-state index contributed by atoms with van der Waals surface area (Å²) in [6.45, 7) is 8.10. The van der Waals surface area contributed by atoms with E-state index in [-0.39, 0.29) is 38.2 Å². The van der Waals surface area contributed by atoms with Gasteiger partial charge in [-0.1, -0.05) is 6.08 Å². The SMILES string of the molecule is C=CCCCCC(=O)N(CCCOC(C)C)[C@@H]1CC(C(=O)NCCO)=C[C@H](Oc2c(I)cc(CO)cc2OC)[C@H]1O. The van der Waals surface area contributed by atoms with Crippen LogP contribution in [0.2, 0.25) is 0 Å². The number of methoxy groups -OCH3 is 1. The van der Waals surface area contributed by atoms with Crippen molar-refractivity contribution in [1.82, 2.24) is 10.2 Å². The summed E-state index contributed by atoms with van der Waals surface area (Å²) in [4.78, 5) is 28.2. The minimum absolute atomic E-state index is 0.0514. The lowest BCUT2D eigenvalue weighted by atomic mass is 9.87. The number of amides is 2. The normalized spacial score (nSPS) is 18.5. The summed E-state index contributed by atoms with van der Waals surface area (Å²) in [5.74, 6) is 0.214. The average Bonchev–Trinajstić information content (AvgIpc) is 2.95. The van der Waals surface area contributed by atoms with E-state index in [1.54, 1.807) is 23.1 Å². The van der Waals surface area contributed by atoms with Crippen molar-refractivity contribution in [3.8, 4) is 11.5 Å². The highest BCUT2D eigenvalue weighted by Gasteiger charge is 2.40. The van der Waals surface area contributed by atoms with Crippen LogP contribution in [-0.2, 0) is 20.9 Å². The van der Waals surface area contributed by atoms with Gasteiger partial charge in [-0.25, -0.2) is 0 Å². The van der Waals surface area contributed by atoms with Gasteiger partial charge in [0.2, 0.25) is 11.8 Å². The van der Waals surface area contributed by atoms with Crippen LogP contribution in [0.1, 0.15) is 57.9 Å². The van der Waals surface area contributed by atoms with Crippen molar-refractivity contribution in [2.24, 2.45) is 0 Å². The van der Waals surface area contributed by atoms with Gasteiger partial charge >= 0.3 is 0 Å². The largest absolute Gasteiger partial charge is 0.493 e. The van der Waals surface area contributed by atoms with Crippen LogP contribution in [-0.4, -0.2) is 89.8 Å². The summed E-state index contributed by atoms with van der Waals surface area (Å²) in [5, 5.41) is 33.1. The Morgan fingerprint density at radius 2 is 2.00 bits per heavy atom. The molecule has 10 nitrogen and oxygen atoms in total. The molecule has 0 unspecified atom stereocenters. The van der Waals surface area contributed by atoms with E-state index < -0.39 is 24.2 Å². The van der Waals surface area contributed by atoms with Crippen molar-refractivity contribution in [2.75, 3.05) is 33.4 Å². The number of halogens is 1. The number of allylic oxidation sites excluding steroid dienone is 1. The molecule has 0 saturated heterocycles. The number of hydrogen-bond acceptors (Lipinski definition) is 8. The van der Waals surface area contributed by atoms with Gasteiger partial charge in [-0.3, -0.25) is 9.59 Å². The lowest BCUT2D eigenvalue weighted by molar-refractivity contribution is -0.139. The Kier molecular flexibility index (Phi) is 15.7. The highest BCUT2D eigenvalue weighted by molar-refractivity contribution is 14.1. The van der Waals surface area contributed by atoms with E-state index in [9.17, 15) is 24.9 Å². The molecule has 0 spiro atoms. The number of rotatable bonds is 18. The van der Waals surface area contributed by atoms with E-state index >= 15 is 0 Å². The summed E-state index contributed by atoms with van der Waals surface area (Å²) in [6, 6.07) is 2.67. The lowest BCUT2D eigenvalue weighted by Crippen LogP contribution is -2.55. The first kappa shape index (κ1) is 35.0. The second-order valence-corrected chi connectivity index (χ2v) is 11.3. The molecule has 4 N–H and O–H groups in total. The fourth-order valence-corrected chi connectivity index (χ4v) is 5.43. The minimum atomic E-state index is -1.15. The minimum Gasteiger partial charge on any atom is -0.493 e. The standard InChI is InChI=1S/C30H45IN2O8/c1-5-6-7-8-10-27(36)33(12-9-14-40-20(2)3)24-17-22(30(38)32-11-13-34)18-25(28(24)37)41-29-23(31)15-21(19-35)16-26(29)39-4/h5,15-16,18,20,24-25,28,34-35,37H,1,6-14,17,19H2,2-4H3,(H,32,38)/t24-,25+,28+/m1/s1. The predicted octanol–water partition coefficient (Wildman–Crippen LogP) is 3.10. The van der Waals surface area contributed by atoms with Crippen LogP contribution in [0.3, 0.4) is 0 Å². The molecule has 3 atom stereocenters. The summed E-state index contributed by atoms with van der Waals surface area (Å²) in [5.41, 5.74) is 0.986. The Labute approximate surface area is 256 Å². The molecule has 0 aliphatic heterocycles. The zero-order valence-corrected chi connectivity index (χ0v) is 26.5. The molecule has 0 aromatic heterocycles. The lowest BCUT2D eigenvalue weighted by Gasteiger charge is -2.41. The number of nitrogens with one attached hydrogen (secondary N) is 1. The number of aliphatic hydroxyl groups is 3. The molecule has 0 fully saturated rings.